The third-order valence-corrected chi connectivity index (χ3v) is 12.4. The molecule has 7 rings (SSSR count). The van der Waals surface area contributed by atoms with Gasteiger partial charge in [-0.05, 0) is 97.0 Å². The molecule has 4 N–H and O–H groups in total. The van der Waals surface area contributed by atoms with Crippen LogP contribution in [0.2, 0.25) is 0 Å². The van der Waals surface area contributed by atoms with Crippen molar-refractivity contribution in [2.45, 2.75) is 103 Å². The molecule has 3 aliphatic heterocycles. The fourth-order valence-corrected chi connectivity index (χ4v) is 8.87. The highest BCUT2D eigenvalue weighted by Crippen LogP contribution is 2.29. The normalized spacial score (nSPS) is 19.1. The Morgan fingerprint density at radius 1 is 0.652 bits per heavy atom. The van der Waals surface area contributed by atoms with E-state index in [1.165, 1.54) is 7.11 Å². The number of carbonyl (C=O) groups is 6. The number of nitrogens with zero attached hydrogens (tertiary/aromatic N) is 3. The molecule has 0 bridgehead atoms. The van der Waals surface area contributed by atoms with Crippen LogP contribution in [0.4, 0.5) is 21.9 Å². The molecule has 348 valence electrons. The molecule has 0 radical (unpaired) electrons. The van der Waals surface area contributed by atoms with Crippen LogP contribution >= 0.6 is 0 Å². The maximum absolute atomic E-state index is 14.1. The number of anilines is 3. The van der Waals surface area contributed by atoms with Crippen molar-refractivity contribution in [1.82, 2.24) is 20.4 Å². The highest BCUT2D eigenvalue weighted by atomic mass is 16.5. The molecule has 3 aliphatic rings. The molecule has 15 heteroatoms. The lowest BCUT2D eigenvalue weighted by atomic mass is 9.85. The van der Waals surface area contributed by atoms with Gasteiger partial charge in [0.1, 0.15) is 30.3 Å². The number of amides is 6. The van der Waals surface area contributed by atoms with Gasteiger partial charge in [0.05, 0.1) is 7.11 Å². The van der Waals surface area contributed by atoms with Gasteiger partial charge in [0.15, 0.2) is 0 Å². The van der Waals surface area contributed by atoms with Crippen LogP contribution in [-0.4, -0.2) is 96.5 Å². The fourth-order valence-electron chi connectivity index (χ4n) is 8.87. The molecule has 0 spiro atoms. The van der Waals surface area contributed by atoms with Gasteiger partial charge in [0.25, 0.3) is 0 Å². The Bertz CT molecular complexity index is 2320. The minimum absolute atomic E-state index is 0.285. The molecule has 66 heavy (non-hydrogen) atoms. The van der Waals surface area contributed by atoms with Crippen LogP contribution in [-0.2, 0) is 46.5 Å². The summed E-state index contributed by atoms with van der Waals surface area (Å²) in [6, 6.07) is 31.3. The quantitative estimate of drug-likeness (QED) is 0.103. The van der Waals surface area contributed by atoms with Crippen molar-refractivity contribution in [2.24, 2.45) is 5.41 Å². The zero-order valence-electron chi connectivity index (χ0n) is 38.2. The van der Waals surface area contributed by atoms with E-state index in [1.54, 1.807) is 21.9 Å². The molecule has 6 amide bonds. The minimum atomic E-state index is -0.944. The standard InChI is InChI=1S/C51H61N7O8/c1-51(2,3)44(55-50(64)65-4)49(63)58-30-12-19-41(58)46(60)53-38-27-23-35(24-28-38)33-56(39-16-9-6-10-17-39)32-34-21-25-37(26-22-34)52-45(59)40-18-11-29-57(40)48(62)43(36-14-7-5-8-15-36)54-47(61)42-20-13-31-66-42/h5-10,14-17,21-28,40-44H,11-13,18-20,29-33H2,1-4H3,(H,52,59)(H,53,60)(H,54,61)(H,55,64)/t40?,41?,42-,43+,44+/m0/s1. The van der Waals surface area contributed by atoms with E-state index in [-0.39, 0.29) is 29.5 Å². The molecule has 0 aromatic heterocycles. The number of benzene rings is 4. The summed E-state index contributed by atoms with van der Waals surface area (Å²) in [7, 11) is 1.25. The summed E-state index contributed by atoms with van der Waals surface area (Å²) in [5.74, 6) is -1.55. The van der Waals surface area contributed by atoms with Crippen molar-refractivity contribution in [3.8, 4) is 0 Å². The predicted octanol–water partition coefficient (Wildman–Crippen LogP) is 6.56. The van der Waals surface area contributed by atoms with E-state index in [4.69, 9.17) is 9.47 Å². The number of para-hydroxylation sites is 1. The highest BCUT2D eigenvalue weighted by molar-refractivity contribution is 6.00. The Kier molecular flexibility index (Phi) is 15.4. The second kappa shape index (κ2) is 21.5. The lowest BCUT2D eigenvalue weighted by Gasteiger charge is -2.35. The molecule has 15 nitrogen and oxygen atoms in total. The van der Waals surface area contributed by atoms with Gasteiger partial charge in [-0.2, -0.15) is 0 Å². The van der Waals surface area contributed by atoms with Crippen LogP contribution in [0, 0.1) is 5.41 Å². The first-order valence-electron chi connectivity index (χ1n) is 22.8. The number of alkyl carbamates (subject to hydrolysis) is 1. The van der Waals surface area contributed by atoms with Gasteiger partial charge in [-0.25, -0.2) is 4.79 Å². The van der Waals surface area contributed by atoms with Crippen LogP contribution in [0.25, 0.3) is 0 Å². The zero-order chi connectivity index (χ0) is 46.8. The first kappa shape index (κ1) is 47.2. The number of hydrogen-bond donors (Lipinski definition) is 4. The number of methoxy groups -OCH3 is 1. The predicted molar refractivity (Wildman–Crippen MR) is 251 cm³/mol. The van der Waals surface area contributed by atoms with Crippen molar-refractivity contribution in [1.29, 1.82) is 0 Å². The number of carbonyl (C=O) groups excluding carboxylic acids is 6. The average molecular weight is 900 g/mol. The summed E-state index contributed by atoms with van der Waals surface area (Å²) in [5, 5.41) is 11.6. The monoisotopic (exact) mass is 899 g/mol. The van der Waals surface area contributed by atoms with Gasteiger partial charge in [-0.1, -0.05) is 93.6 Å². The zero-order valence-corrected chi connectivity index (χ0v) is 38.2. The second-order valence-corrected chi connectivity index (χ2v) is 18.2. The Morgan fingerprint density at radius 3 is 1.65 bits per heavy atom. The van der Waals surface area contributed by atoms with Gasteiger partial charge < -0.3 is 45.4 Å². The van der Waals surface area contributed by atoms with E-state index in [1.807, 2.05) is 118 Å². The average Bonchev–Trinajstić information content (AvgIpc) is 4.15. The van der Waals surface area contributed by atoms with Crippen molar-refractivity contribution < 1.29 is 38.2 Å². The van der Waals surface area contributed by atoms with E-state index in [0.717, 1.165) is 23.2 Å². The van der Waals surface area contributed by atoms with Gasteiger partial charge >= 0.3 is 6.09 Å². The molecular formula is C51H61N7O8. The van der Waals surface area contributed by atoms with Gasteiger partial charge in [-0.15, -0.1) is 0 Å². The molecule has 3 fully saturated rings. The number of hydrogen-bond acceptors (Lipinski definition) is 9. The Morgan fingerprint density at radius 2 is 1.17 bits per heavy atom. The van der Waals surface area contributed by atoms with Crippen LogP contribution < -0.4 is 26.2 Å². The van der Waals surface area contributed by atoms with Crippen molar-refractivity contribution in [3.05, 3.63) is 126 Å². The van der Waals surface area contributed by atoms with E-state index in [2.05, 4.69) is 26.2 Å². The summed E-state index contributed by atoms with van der Waals surface area (Å²) in [6.07, 6.45) is 2.44. The SMILES string of the molecule is COC(=O)N[C@H](C(=O)N1CCCC1C(=O)Nc1ccc(CN(Cc2ccc(NC(=O)C3CCCN3C(=O)[C@H](NC(=O)[C@@H]3CCCO3)c3ccccc3)cc2)c2ccccc2)cc1)C(C)(C)C. The fraction of sp³-hybridized carbons (Fsp3) is 0.412. The smallest absolute Gasteiger partial charge is 0.407 e. The summed E-state index contributed by atoms with van der Waals surface area (Å²) in [5.41, 5.74) is 4.29. The summed E-state index contributed by atoms with van der Waals surface area (Å²) < 4.78 is 10.3. The van der Waals surface area contributed by atoms with Crippen molar-refractivity contribution in [2.75, 3.05) is 42.3 Å². The molecule has 0 saturated carbocycles. The van der Waals surface area contributed by atoms with Gasteiger partial charge in [0, 0.05) is 49.8 Å². The molecule has 2 unspecified atom stereocenters. The topological polar surface area (TPSA) is 179 Å². The molecule has 3 saturated heterocycles. The number of rotatable bonds is 15. The number of ether oxygens (including phenoxy) is 2. The lowest BCUT2D eigenvalue weighted by Crippen LogP contribution is -2.57. The third kappa shape index (κ3) is 11.7. The van der Waals surface area contributed by atoms with E-state index in [0.29, 0.717) is 81.8 Å². The summed E-state index contributed by atoms with van der Waals surface area (Å²) in [4.78, 5) is 85.8. The van der Waals surface area contributed by atoms with Crippen molar-refractivity contribution >= 4 is 52.7 Å². The minimum Gasteiger partial charge on any atom is -0.453 e. The van der Waals surface area contributed by atoms with Gasteiger partial charge in [0.2, 0.25) is 29.5 Å². The maximum atomic E-state index is 14.1. The Hall–Kier alpha value is -6.74. The Balaban J connectivity index is 0.968. The maximum Gasteiger partial charge on any atom is 0.407 e. The first-order valence-corrected chi connectivity index (χ1v) is 22.8. The van der Waals surface area contributed by atoms with Crippen LogP contribution in [0.5, 0.6) is 0 Å². The molecule has 3 heterocycles. The second-order valence-electron chi connectivity index (χ2n) is 18.2. The molecule has 4 aromatic carbocycles. The van der Waals surface area contributed by atoms with Crippen molar-refractivity contribution in [3.63, 3.8) is 0 Å². The first-order chi connectivity index (χ1) is 31.8. The molecular weight excluding hydrogens is 839 g/mol. The molecule has 0 aliphatic carbocycles. The largest absolute Gasteiger partial charge is 0.453 e. The van der Waals surface area contributed by atoms with Crippen LogP contribution in [0.15, 0.2) is 109 Å². The third-order valence-electron chi connectivity index (χ3n) is 12.4. The molecule has 5 atom stereocenters. The summed E-state index contributed by atoms with van der Waals surface area (Å²) >= 11 is 0. The lowest BCUT2D eigenvalue weighted by molar-refractivity contribution is -0.142. The van der Waals surface area contributed by atoms with Gasteiger partial charge in [-0.3, -0.25) is 24.0 Å². The van der Waals surface area contributed by atoms with E-state index < -0.39 is 41.8 Å². The number of nitrogens with one attached hydrogen (secondary N) is 4. The number of likely N-dealkylation sites (tertiary alicyclic amines) is 2. The van der Waals surface area contributed by atoms with E-state index >= 15 is 0 Å². The highest BCUT2D eigenvalue weighted by Gasteiger charge is 2.43. The molecule has 4 aromatic rings. The summed E-state index contributed by atoms with van der Waals surface area (Å²) in [6.45, 7) is 8.01. The van der Waals surface area contributed by atoms with E-state index in [9.17, 15) is 28.8 Å². The van der Waals surface area contributed by atoms with Crippen LogP contribution in [0.1, 0.15) is 82.0 Å². The Labute approximate surface area is 386 Å². The van der Waals surface area contributed by atoms with Crippen LogP contribution in [0.3, 0.4) is 0 Å².